The maximum Gasteiger partial charge on any atom is 0.0157 e. The molecule has 1 aliphatic carbocycles. The molecule has 7 heavy (non-hydrogen) atoms. The van der Waals surface area contributed by atoms with Crippen molar-refractivity contribution in [2.75, 3.05) is 0 Å². The van der Waals surface area contributed by atoms with Crippen molar-refractivity contribution in [1.82, 2.24) is 0 Å². The van der Waals surface area contributed by atoms with E-state index in [9.17, 15) is 0 Å². The van der Waals surface area contributed by atoms with Gasteiger partial charge in [0.2, 0.25) is 0 Å². The minimum atomic E-state index is 0.931. The molecule has 0 aliphatic heterocycles. The molecule has 1 fully saturated rings. The summed E-state index contributed by atoms with van der Waals surface area (Å²) in [5.74, 6) is 0. The second kappa shape index (κ2) is 2.98. The van der Waals surface area contributed by atoms with Crippen LogP contribution in [0.3, 0.4) is 0 Å². The number of rotatable bonds is 1. The highest BCUT2D eigenvalue weighted by Gasteiger charge is 2.12. The first-order chi connectivity index (χ1) is 3.43. The monoisotopic (exact) mass is 180 g/mol. The summed E-state index contributed by atoms with van der Waals surface area (Å²) in [6.07, 6.45) is 5.75. The Kier molecular flexibility index (Phi) is 2.53. The van der Waals surface area contributed by atoms with Crippen molar-refractivity contribution in [3.63, 3.8) is 0 Å². The molecular weight excluding hydrogens is 172 g/mol. The maximum absolute atomic E-state index is 3.39. The van der Waals surface area contributed by atoms with Crippen molar-refractivity contribution in [3.05, 3.63) is 0 Å². The maximum atomic E-state index is 3.39. The lowest BCUT2D eigenvalue weighted by Gasteiger charge is -1.97. The first kappa shape index (κ1) is 5.96. The van der Waals surface area contributed by atoms with Gasteiger partial charge >= 0.3 is 0 Å². The Labute approximate surface area is 56.3 Å². The molecule has 0 aromatic heterocycles. The molecule has 0 bridgehead atoms. The second-order valence-corrected chi connectivity index (χ2v) is 3.96. The van der Waals surface area contributed by atoms with Gasteiger partial charge in [-0.25, -0.2) is 0 Å². The van der Waals surface area contributed by atoms with Crippen LogP contribution in [0.1, 0.15) is 25.7 Å². The SMILES string of the molecule is BrSC1CCCC1. The Morgan fingerprint density at radius 3 is 2.14 bits per heavy atom. The summed E-state index contributed by atoms with van der Waals surface area (Å²) in [5, 5.41) is 0.931. The highest BCUT2D eigenvalue weighted by Crippen LogP contribution is 2.32. The molecule has 0 N–H and O–H groups in total. The molecule has 42 valence electrons. The number of hydrogen-bond acceptors (Lipinski definition) is 1. The molecule has 0 saturated heterocycles. The van der Waals surface area contributed by atoms with Gasteiger partial charge in [0.25, 0.3) is 0 Å². The normalized spacial score (nSPS) is 23.6. The predicted octanol–water partition coefficient (Wildman–Crippen LogP) is 2.97. The van der Waals surface area contributed by atoms with E-state index in [0.29, 0.717) is 0 Å². The van der Waals surface area contributed by atoms with Crippen molar-refractivity contribution in [1.29, 1.82) is 0 Å². The quantitative estimate of drug-likeness (QED) is 0.599. The third-order valence-corrected chi connectivity index (χ3v) is 3.74. The van der Waals surface area contributed by atoms with Gasteiger partial charge in [-0.2, -0.15) is 0 Å². The van der Waals surface area contributed by atoms with Gasteiger partial charge in [0, 0.05) is 5.25 Å². The minimum absolute atomic E-state index is 0.931. The summed E-state index contributed by atoms with van der Waals surface area (Å²) in [6, 6.07) is 0. The Hall–Kier alpha value is 0.830. The fourth-order valence-electron chi connectivity index (χ4n) is 0.977. The summed E-state index contributed by atoms with van der Waals surface area (Å²) in [7, 11) is 1.84. The van der Waals surface area contributed by atoms with E-state index < -0.39 is 0 Å². The zero-order chi connectivity index (χ0) is 5.11. The number of hydrogen-bond donors (Lipinski definition) is 0. The smallest absolute Gasteiger partial charge is 0.0157 e. The lowest BCUT2D eigenvalue weighted by atomic mass is 10.4. The molecular formula is C5H9BrS. The Balaban J connectivity index is 2.14. The topological polar surface area (TPSA) is 0 Å². The Bertz CT molecular complexity index is 50.0. The van der Waals surface area contributed by atoms with E-state index in [1.807, 2.05) is 10.2 Å². The molecule has 0 unspecified atom stereocenters. The summed E-state index contributed by atoms with van der Waals surface area (Å²) in [6.45, 7) is 0. The van der Waals surface area contributed by atoms with Gasteiger partial charge in [0.05, 0.1) is 0 Å². The van der Waals surface area contributed by atoms with Crippen molar-refractivity contribution < 1.29 is 0 Å². The molecule has 0 radical (unpaired) electrons. The van der Waals surface area contributed by atoms with E-state index in [1.54, 1.807) is 0 Å². The van der Waals surface area contributed by atoms with Crippen LogP contribution < -0.4 is 0 Å². The molecule has 1 rings (SSSR count). The molecule has 0 nitrogen and oxygen atoms in total. The van der Waals surface area contributed by atoms with Crippen molar-refractivity contribution in [2.24, 2.45) is 0 Å². The molecule has 0 spiro atoms. The van der Waals surface area contributed by atoms with E-state index in [-0.39, 0.29) is 0 Å². The van der Waals surface area contributed by atoms with Crippen molar-refractivity contribution in [2.45, 2.75) is 30.9 Å². The van der Waals surface area contributed by atoms with Crippen LogP contribution in [-0.4, -0.2) is 5.25 Å². The van der Waals surface area contributed by atoms with E-state index in [1.165, 1.54) is 25.7 Å². The fraction of sp³-hybridized carbons (Fsp3) is 1.00. The molecule has 2 heteroatoms. The molecule has 0 aromatic rings. The highest BCUT2D eigenvalue weighted by atomic mass is 79.9. The largest absolute Gasteiger partial charge is 0.0801 e. The summed E-state index contributed by atoms with van der Waals surface area (Å²) in [4.78, 5) is 0. The van der Waals surface area contributed by atoms with Crippen molar-refractivity contribution in [3.8, 4) is 0 Å². The van der Waals surface area contributed by atoms with Gasteiger partial charge in [-0.05, 0) is 27.7 Å². The first-order valence-electron chi connectivity index (χ1n) is 2.71. The van der Waals surface area contributed by atoms with Crippen LogP contribution in [0.5, 0.6) is 0 Å². The van der Waals surface area contributed by atoms with Crippen molar-refractivity contribution >= 4 is 25.0 Å². The molecule has 1 aliphatic rings. The lowest BCUT2D eigenvalue weighted by Crippen LogP contribution is -1.86. The summed E-state index contributed by atoms with van der Waals surface area (Å²) in [5.41, 5.74) is 0. The Morgan fingerprint density at radius 1 is 1.29 bits per heavy atom. The van der Waals surface area contributed by atoms with E-state index in [0.717, 1.165) is 5.25 Å². The van der Waals surface area contributed by atoms with Crippen LogP contribution in [0.25, 0.3) is 0 Å². The van der Waals surface area contributed by atoms with E-state index in [2.05, 4.69) is 14.8 Å². The molecule has 0 heterocycles. The van der Waals surface area contributed by atoms with Gasteiger partial charge in [-0.15, -0.1) is 0 Å². The summed E-state index contributed by atoms with van der Waals surface area (Å²) >= 11 is 3.39. The number of halogens is 1. The van der Waals surface area contributed by atoms with Crippen LogP contribution in [0.15, 0.2) is 0 Å². The van der Waals surface area contributed by atoms with Gasteiger partial charge in [-0.1, -0.05) is 23.0 Å². The van der Waals surface area contributed by atoms with Gasteiger partial charge in [0.1, 0.15) is 0 Å². The second-order valence-electron chi connectivity index (χ2n) is 2.00. The van der Waals surface area contributed by atoms with Gasteiger partial charge in [0.15, 0.2) is 0 Å². The lowest BCUT2D eigenvalue weighted by molar-refractivity contribution is 0.886. The van der Waals surface area contributed by atoms with Crippen LogP contribution in [0.2, 0.25) is 0 Å². The average Bonchev–Trinajstić information content (AvgIpc) is 2.14. The zero-order valence-electron chi connectivity index (χ0n) is 4.19. The van der Waals surface area contributed by atoms with Crippen LogP contribution in [0.4, 0.5) is 0 Å². The standard InChI is InChI=1S/C5H9BrS/c6-7-5-3-1-2-4-5/h5H,1-4H2. The van der Waals surface area contributed by atoms with Gasteiger partial charge in [-0.3, -0.25) is 0 Å². The van der Waals surface area contributed by atoms with E-state index in [4.69, 9.17) is 0 Å². The molecule has 1 saturated carbocycles. The summed E-state index contributed by atoms with van der Waals surface area (Å²) < 4.78 is 0. The molecule has 0 amide bonds. The highest BCUT2D eigenvalue weighted by molar-refractivity contribution is 9.50. The third kappa shape index (κ3) is 1.65. The molecule has 0 aromatic carbocycles. The zero-order valence-corrected chi connectivity index (χ0v) is 6.59. The fourth-order valence-corrected chi connectivity index (χ4v) is 2.61. The predicted molar refractivity (Wildman–Crippen MR) is 38.8 cm³/mol. The van der Waals surface area contributed by atoms with E-state index >= 15 is 0 Å². The Morgan fingerprint density at radius 2 is 1.86 bits per heavy atom. The van der Waals surface area contributed by atoms with Crippen LogP contribution in [-0.2, 0) is 0 Å². The third-order valence-electron chi connectivity index (χ3n) is 1.43. The first-order valence-corrected chi connectivity index (χ1v) is 5.43. The van der Waals surface area contributed by atoms with Crippen LogP contribution in [0, 0.1) is 0 Å². The minimum Gasteiger partial charge on any atom is -0.0801 e. The average molecular weight is 181 g/mol. The molecule has 0 atom stereocenters. The van der Waals surface area contributed by atoms with Crippen LogP contribution >= 0.6 is 25.0 Å². The van der Waals surface area contributed by atoms with Gasteiger partial charge < -0.3 is 0 Å².